The van der Waals surface area contributed by atoms with Gasteiger partial charge in [0.05, 0.1) is 6.04 Å². The van der Waals surface area contributed by atoms with E-state index in [2.05, 4.69) is 41.6 Å². The highest BCUT2D eigenvalue weighted by molar-refractivity contribution is 9.10. The fraction of sp³-hybridized carbons (Fsp3) is 0.538. The monoisotopic (exact) mass is 302 g/mol. The molecule has 0 aromatic heterocycles. The summed E-state index contributed by atoms with van der Waals surface area (Å²) in [6.45, 7) is 7.55. The summed E-state index contributed by atoms with van der Waals surface area (Å²) in [5, 5.41) is 0. The van der Waals surface area contributed by atoms with Crippen LogP contribution >= 0.6 is 15.9 Å². The van der Waals surface area contributed by atoms with Crippen LogP contribution < -0.4 is 5.73 Å². The molecule has 0 amide bonds. The predicted octanol–water partition coefficient (Wildman–Crippen LogP) is 3.32. The van der Waals surface area contributed by atoms with Crippen LogP contribution in [0.5, 0.6) is 0 Å². The Kier molecular flexibility index (Phi) is 5.56. The number of benzene rings is 1. The second-order valence-electron chi connectivity index (χ2n) is 4.34. The Morgan fingerprint density at radius 2 is 2.06 bits per heavy atom. The molecule has 0 aliphatic heterocycles. The highest BCUT2D eigenvalue weighted by Crippen LogP contribution is 2.26. The summed E-state index contributed by atoms with van der Waals surface area (Å²) in [5.41, 5.74) is 6.48. The van der Waals surface area contributed by atoms with E-state index in [1.165, 1.54) is 6.07 Å². The molecule has 0 fully saturated rings. The lowest BCUT2D eigenvalue weighted by Gasteiger charge is -2.33. The molecule has 0 saturated heterocycles. The maximum absolute atomic E-state index is 13.9. The van der Waals surface area contributed by atoms with Gasteiger partial charge in [-0.25, -0.2) is 4.39 Å². The topological polar surface area (TPSA) is 29.3 Å². The van der Waals surface area contributed by atoms with Crippen molar-refractivity contribution in [2.45, 2.75) is 32.9 Å². The Labute approximate surface area is 111 Å². The average molecular weight is 303 g/mol. The summed E-state index contributed by atoms with van der Waals surface area (Å²) in [7, 11) is 0. The number of rotatable bonds is 5. The molecule has 4 heteroatoms. The van der Waals surface area contributed by atoms with Gasteiger partial charge in [-0.15, -0.1) is 0 Å². The number of nitrogens with zero attached hydrogens (tertiary/aromatic N) is 1. The molecule has 1 rings (SSSR count). The molecule has 1 aromatic carbocycles. The minimum absolute atomic E-state index is 0.0619. The van der Waals surface area contributed by atoms with Gasteiger partial charge in [0.2, 0.25) is 0 Å². The molecule has 1 atom stereocenters. The van der Waals surface area contributed by atoms with Crippen LogP contribution in [-0.2, 0) is 0 Å². The first-order valence-electron chi connectivity index (χ1n) is 5.92. The maximum Gasteiger partial charge on any atom is 0.129 e. The van der Waals surface area contributed by atoms with Crippen molar-refractivity contribution in [1.82, 2.24) is 4.90 Å². The Morgan fingerprint density at radius 3 is 2.47 bits per heavy atom. The molecule has 2 nitrogen and oxygen atoms in total. The summed E-state index contributed by atoms with van der Waals surface area (Å²) in [6.07, 6.45) is 0. The zero-order chi connectivity index (χ0) is 13.0. The van der Waals surface area contributed by atoms with Crippen LogP contribution in [0, 0.1) is 5.82 Å². The van der Waals surface area contributed by atoms with E-state index < -0.39 is 0 Å². The van der Waals surface area contributed by atoms with E-state index in [1.807, 2.05) is 12.1 Å². The highest BCUT2D eigenvalue weighted by Gasteiger charge is 2.22. The SMILES string of the molecule is CCN(C(C)C)C(CN)c1ccc(Br)cc1F. The highest BCUT2D eigenvalue weighted by atomic mass is 79.9. The van der Waals surface area contributed by atoms with Crippen molar-refractivity contribution in [2.75, 3.05) is 13.1 Å². The first-order valence-corrected chi connectivity index (χ1v) is 6.71. The van der Waals surface area contributed by atoms with E-state index in [-0.39, 0.29) is 11.9 Å². The lowest BCUT2D eigenvalue weighted by Crippen LogP contribution is -2.38. The summed E-state index contributed by atoms with van der Waals surface area (Å²) in [6, 6.07) is 5.44. The molecular weight excluding hydrogens is 283 g/mol. The van der Waals surface area contributed by atoms with Crippen LogP contribution in [0.2, 0.25) is 0 Å². The fourth-order valence-electron chi connectivity index (χ4n) is 2.16. The molecule has 0 bridgehead atoms. The largest absolute Gasteiger partial charge is 0.329 e. The van der Waals surface area contributed by atoms with E-state index in [9.17, 15) is 4.39 Å². The molecule has 0 spiro atoms. The van der Waals surface area contributed by atoms with Crippen molar-refractivity contribution < 1.29 is 4.39 Å². The van der Waals surface area contributed by atoms with E-state index in [4.69, 9.17) is 5.73 Å². The Balaban J connectivity index is 3.08. The van der Waals surface area contributed by atoms with Crippen LogP contribution in [0.4, 0.5) is 4.39 Å². The molecule has 2 N–H and O–H groups in total. The van der Waals surface area contributed by atoms with Gasteiger partial charge in [-0.1, -0.05) is 28.9 Å². The Bertz CT molecular complexity index is 368. The van der Waals surface area contributed by atoms with Crippen molar-refractivity contribution in [3.8, 4) is 0 Å². The second-order valence-corrected chi connectivity index (χ2v) is 5.26. The number of nitrogens with two attached hydrogens (primary N) is 1. The van der Waals surface area contributed by atoms with E-state index in [0.29, 0.717) is 18.2 Å². The minimum atomic E-state index is -0.200. The molecule has 96 valence electrons. The quantitative estimate of drug-likeness (QED) is 0.904. The maximum atomic E-state index is 13.9. The molecule has 0 aliphatic rings. The standard InChI is InChI=1S/C13H20BrFN2/c1-4-17(9(2)3)13(8-16)11-6-5-10(14)7-12(11)15/h5-7,9,13H,4,8,16H2,1-3H3. The first kappa shape index (κ1) is 14.6. The van der Waals surface area contributed by atoms with Gasteiger partial charge in [-0.2, -0.15) is 0 Å². The number of halogens is 2. The number of hydrogen-bond donors (Lipinski definition) is 1. The van der Waals surface area contributed by atoms with Crippen molar-refractivity contribution in [1.29, 1.82) is 0 Å². The van der Waals surface area contributed by atoms with Crippen molar-refractivity contribution >= 4 is 15.9 Å². The smallest absolute Gasteiger partial charge is 0.129 e. The molecule has 1 aromatic rings. The lowest BCUT2D eigenvalue weighted by atomic mass is 10.0. The summed E-state index contributed by atoms with van der Waals surface area (Å²) >= 11 is 3.27. The zero-order valence-electron chi connectivity index (χ0n) is 10.6. The molecule has 0 aliphatic carbocycles. The van der Waals surface area contributed by atoms with Gasteiger partial charge in [0, 0.05) is 22.6 Å². The van der Waals surface area contributed by atoms with E-state index in [0.717, 1.165) is 11.0 Å². The molecule has 17 heavy (non-hydrogen) atoms. The van der Waals surface area contributed by atoms with Gasteiger partial charge < -0.3 is 5.73 Å². The third kappa shape index (κ3) is 3.50. The number of likely N-dealkylation sites (N-methyl/N-ethyl adjacent to an activating group) is 1. The second kappa shape index (κ2) is 6.47. The van der Waals surface area contributed by atoms with Gasteiger partial charge in [0.25, 0.3) is 0 Å². The predicted molar refractivity (Wildman–Crippen MR) is 73.4 cm³/mol. The zero-order valence-corrected chi connectivity index (χ0v) is 12.2. The molecule has 0 radical (unpaired) electrons. The van der Waals surface area contributed by atoms with Crippen LogP contribution in [-0.4, -0.2) is 24.0 Å². The van der Waals surface area contributed by atoms with Crippen LogP contribution in [0.25, 0.3) is 0 Å². The Morgan fingerprint density at radius 1 is 1.41 bits per heavy atom. The molecule has 1 unspecified atom stereocenters. The molecule has 0 saturated carbocycles. The van der Waals surface area contributed by atoms with Gasteiger partial charge in [-0.05, 0) is 32.5 Å². The van der Waals surface area contributed by atoms with Crippen molar-refractivity contribution in [3.63, 3.8) is 0 Å². The van der Waals surface area contributed by atoms with Gasteiger partial charge in [0.1, 0.15) is 5.82 Å². The van der Waals surface area contributed by atoms with Crippen LogP contribution in [0.3, 0.4) is 0 Å². The summed E-state index contributed by atoms with van der Waals surface area (Å²) < 4.78 is 14.7. The summed E-state index contributed by atoms with van der Waals surface area (Å²) in [5.74, 6) is -0.200. The van der Waals surface area contributed by atoms with Gasteiger partial charge >= 0.3 is 0 Å². The normalized spacial score (nSPS) is 13.4. The lowest BCUT2D eigenvalue weighted by molar-refractivity contribution is 0.163. The van der Waals surface area contributed by atoms with Crippen molar-refractivity contribution in [2.24, 2.45) is 5.73 Å². The van der Waals surface area contributed by atoms with E-state index >= 15 is 0 Å². The first-order chi connectivity index (χ1) is 8.01. The Hall–Kier alpha value is -0.450. The van der Waals surface area contributed by atoms with Gasteiger partial charge in [-0.3, -0.25) is 4.90 Å². The molecule has 0 heterocycles. The summed E-state index contributed by atoms with van der Waals surface area (Å²) in [4.78, 5) is 2.20. The molecular formula is C13H20BrFN2. The third-order valence-corrected chi connectivity index (χ3v) is 3.47. The number of hydrogen-bond acceptors (Lipinski definition) is 2. The van der Waals surface area contributed by atoms with Crippen molar-refractivity contribution in [3.05, 3.63) is 34.1 Å². The van der Waals surface area contributed by atoms with Crippen LogP contribution in [0.1, 0.15) is 32.4 Å². The third-order valence-electron chi connectivity index (χ3n) is 2.97. The fourth-order valence-corrected chi connectivity index (χ4v) is 2.49. The minimum Gasteiger partial charge on any atom is -0.329 e. The van der Waals surface area contributed by atoms with Gasteiger partial charge in [0.15, 0.2) is 0 Å². The average Bonchev–Trinajstić information content (AvgIpc) is 2.26. The van der Waals surface area contributed by atoms with E-state index in [1.54, 1.807) is 0 Å². The van der Waals surface area contributed by atoms with Crippen LogP contribution in [0.15, 0.2) is 22.7 Å².